The summed E-state index contributed by atoms with van der Waals surface area (Å²) in [6.45, 7) is 2.28. The van der Waals surface area contributed by atoms with Crippen LogP contribution in [-0.4, -0.2) is 26.3 Å². The SMILES string of the molecule is [O-][N+]1CCOCC1. The maximum absolute atomic E-state index is 10.3. The van der Waals surface area contributed by atoms with Crippen LogP contribution < -0.4 is 5.06 Å². The van der Waals surface area contributed by atoms with Crippen LogP contribution in [0.25, 0.3) is 0 Å². The Balaban J connectivity index is 2.12. The van der Waals surface area contributed by atoms with Gasteiger partial charge in [-0.1, -0.05) is 0 Å². The van der Waals surface area contributed by atoms with Crippen molar-refractivity contribution in [3.05, 3.63) is 5.21 Å². The van der Waals surface area contributed by atoms with Crippen molar-refractivity contribution >= 4 is 0 Å². The molecule has 7 heavy (non-hydrogen) atoms. The molecule has 0 aromatic rings. The molecule has 3 nitrogen and oxygen atoms in total. The van der Waals surface area contributed by atoms with Gasteiger partial charge in [-0.2, -0.15) is 5.06 Å². The predicted octanol–water partition coefficient (Wildman–Crippen LogP) is -0.346. The van der Waals surface area contributed by atoms with Gasteiger partial charge < -0.3 is 9.94 Å². The third kappa shape index (κ3) is 1.43. The standard InChI is InChI=1S/C4H8NO2/c6-5-1-3-7-4-2-5/h1-4H2. The molecule has 1 fully saturated rings. The third-order valence-electron chi connectivity index (χ3n) is 0.970. The number of rotatable bonds is 0. The second kappa shape index (κ2) is 2.26. The van der Waals surface area contributed by atoms with Crippen molar-refractivity contribution in [3.8, 4) is 0 Å². The van der Waals surface area contributed by atoms with Crippen LogP contribution in [0.1, 0.15) is 0 Å². The lowest BCUT2D eigenvalue weighted by molar-refractivity contribution is 0.0887. The molecule has 1 heterocycles. The van der Waals surface area contributed by atoms with Gasteiger partial charge in [-0.15, -0.1) is 0 Å². The molecule has 0 bridgehead atoms. The van der Waals surface area contributed by atoms with Crippen LogP contribution in [-0.2, 0) is 4.74 Å². The summed E-state index contributed by atoms with van der Waals surface area (Å²) in [4.78, 5) is 0. The summed E-state index contributed by atoms with van der Waals surface area (Å²) in [5, 5.41) is 11.3. The van der Waals surface area contributed by atoms with Crippen molar-refractivity contribution in [2.24, 2.45) is 0 Å². The number of morpholine rings is 1. The van der Waals surface area contributed by atoms with Crippen molar-refractivity contribution in [2.45, 2.75) is 0 Å². The first-order valence-corrected chi connectivity index (χ1v) is 2.39. The average molecular weight is 102 g/mol. The van der Waals surface area contributed by atoms with Crippen LogP contribution in [0.5, 0.6) is 0 Å². The van der Waals surface area contributed by atoms with E-state index < -0.39 is 0 Å². The summed E-state index contributed by atoms with van der Waals surface area (Å²) in [6.07, 6.45) is 0. The number of hydrogen-bond donors (Lipinski definition) is 0. The van der Waals surface area contributed by atoms with Crippen LogP contribution in [0.2, 0.25) is 0 Å². The van der Waals surface area contributed by atoms with Gasteiger partial charge >= 0.3 is 0 Å². The highest BCUT2D eigenvalue weighted by Crippen LogP contribution is 1.87. The van der Waals surface area contributed by atoms with Crippen molar-refractivity contribution < 1.29 is 4.74 Å². The Morgan fingerprint density at radius 1 is 1.29 bits per heavy atom. The number of nitrogens with zero attached hydrogens (tertiary/aromatic N) is 1. The first-order chi connectivity index (χ1) is 3.39. The lowest BCUT2D eigenvalue weighted by atomic mass is 10.5. The molecule has 0 N–H and O–H groups in total. The molecule has 1 aliphatic rings. The fourth-order valence-corrected chi connectivity index (χ4v) is 0.547. The fourth-order valence-electron chi connectivity index (χ4n) is 0.547. The predicted molar refractivity (Wildman–Crippen MR) is 26.1 cm³/mol. The Labute approximate surface area is 42.4 Å². The van der Waals surface area contributed by atoms with E-state index in [-0.39, 0.29) is 0 Å². The average Bonchev–Trinajstić information content (AvgIpc) is 1.69. The summed E-state index contributed by atoms with van der Waals surface area (Å²) in [5.41, 5.74) is 0. The minimum absolute atomic E-state index is 0.542. The highest BCUT2D eigenvalue weighted by atomic mass is 16.5. The normalized spacial score (nSPS) is 25.3. The highest BCUT2D eigenvalue weighted by molar-refractivity contribution is 4.65. The summed E-state index contributed by atoms with van der Waals surface area (Å²) in [7, 11) is 0. The summed E-state index contributed by atoms with van der Waals surface area (Å²) in [6, 6.07) is 0. The van der Waals surface area contributed by atoms with Crippen LogP contribution in [0.4, 0.5) is 0 Å². The van der Waals surface area contributed by atoms with Crippen LogP contribution in [0, 0.1) is 5.21 Å². The van der Waals surface area contributed by atoms with E-state index in [1.54, 1.807) is 0 Å². The largest absolute Gasteiger partial charge is 0.582 e. The molecule has 41 valence electrons. The Bertz CT molecular complexity index is 51.7. The smallest absolute Gasteiger partial charge is 0.146 e. The lowest BCUT2D eigenvalue weighted by Crippen LogP contribution is -2.36. The number of ether oxygens (including phenoxy) is 1. The number of hydrogen-bond acceptors (Lipinski definition) is 3. The van der Waals surface area contributed by atoms with Gasteiger partial charge in [-0.05, 0) is 0 Å². The molecule has 0 aromatic heterocycles. The summed E-state index contributed by atoms with van der Waals surface area (Å²) < 4.78 is 4.90. The quantitative estimate of drug-likeness (QED) is 0.310. The maximum atomic E-state index is 10.3. The van der Waals surface area contributed by atoms with Gasteiger partial charge in [0.1, 0.15) is 26.3 Å². The molecule has 0 amide bonds. The minimum atomic E-state index is 0.542. The molecule has 0 atom stereocenters. The van der Waals surface area contributed by atoms with Gasteiger partial charge in [-0.3, -0.25) is 0 Å². The van der Waals surface area contributed by atoms with Crippen molar-refractivity contribution in [2.75, 3.05) is 26.3 Å². The molecule has 0 aromatic carbocycles. The van der Waals surface area contributed by atoms with E-state index in [2.05, 4.69) is 0 Å². The van der Waals surface area contributed by atoms with Crippen LogP contribution in [0.15, 0.2) is 0 Å². The molecule has 1 aliphatic heterocycles. The maximum Gasteiger partial charge on any atom is 0.146 e. The molecule has 0 aliphatic carbocycles. The third-order valence-corrected chi connectivity index (χ3v) is 0.970. The Morgan fingerprint density at radius 3 is 2.14 bits per heavy atom. The first kappa shape index (κ1) is 5.03. The van der Waals surface area contributed by atoms with Gasteiger partial charge in [0.2, 0.25) is 0 Å². The number of hydroxylamine groups is 2. The second-order valence-electron chi connectivity index (χ2n) is 1.54. The van der Waals surface area contributed by atoms with Gasteiger partial charge in [0, 0.05) is 0 Å². The zero-order valence-electron chi connectivity index (χ0n) is 4.09. The molecule has 1 radical (unpaired) electrons. The van der Waals surface area contributed by atoms with E-state index in [0.29, 0.717) is 26.3 Å². The van der Waals surface area contributed by atoms with E-state index in [1.807, 2.05) is 0 Å². The highest BCUT2D eigenvalue weighted by Gasteiger charge is 2.08. The molecular weight excluding hydrogens is 94.0 g/mol. The Morgan fingerprint density at radius 2 is 1.86 bits per heavy atom. The van der Waals surface area contributed by atoms with E-state index in [1.165, 1.54) is 0 Å². The topological polar surface area (TPSA) is 38.2 Å². The molecule has 3 heteroatoms. The van der Waals surface area contributed by atoms with Gasteiger partial charge in [0.15, 0.2) is 0 Å². The molecule has 0 spiro atoms. The molecule has 1 saturated heterocycles. The van der Waals surface area contributed by atoms with E-state index >= 15 is 0 Å². The fraction of sp³-hybridized carbons (Fsp3) is 1.00. The van der Waals surface area contributed by atoms with Crippen LogP contribution in [0.3, 0.4) is 0 Å². The van der Waals surface area contributed by atoms with E-state index in [0.717, 1.165) is 5.06 Å². The Kier molecular flexibility index (Phi) is 1.62. The zero-order valence-corrected chi connectivity index (χ0v) is 4.09. The molecular formula is C4H8NO2. The van der Waals surface area contributed by atoms with Gasteiger partial charge in [0.05, 0.1) is 0 Å². The molecule has 1 rings (SSSR count). The van der Waals surface area contributed by atoms with E-state index in [4.69, 9.17) is 4.74 Å². The molecule has 0 saturated carbocycles. The summed E-state index contributed by atoms with van der Waals surface area (Å²) >= 11 is 0. The monoisotopic (exact) mass is 102 g/mol. The summed E-state index contributed by atoms with van der Waals surface area (Å²) in [5.74, 6) is 0. The Hall–Kier alpha value is -0.120. The van der Waals surface area contributed by atoms with Crippen molar-refractivity contribution in [1.82, 2.24) is 5.06 Å². The van der Waals surface area contributed by atoms with E-state index in [9.17, 15) is 5.21 Å². The van der Waals surface area contributed by atoms with Crippen molar-refractivity contribution in [3.63, 3.8) is 0 Å². The lowest BCUT2D eigenvalue weighted by Gasteiger charge is -2.18. The second-order valence-corrected chi connectivity index (χ2v) is 1.54. The molecule has 0 unspecified atom stereocenters. The first-order valence-electron chi connectivity index (χ1n) is 2.39. The zero-order chi connectivity index (χ0) is 5.11. The van der Waals surface area contributed by atoms with Gasteiger partial charge in [0.25, 0.3) is 0 Å². The van der Waals surface area contributed by atoms with Crippen LogP contribution >= 0.6 is 0 Å². The van der Waals surface area contributed by atoms with Gasteiger partial charge in [-0.25, -0.2) is 0 Å². The van der Waals surface area contributed by atoms with Crippen molar-refractivity contribution in [1.29, 1.82) is 0 Å². The minimum Gasteiger partial charge on any atom is -0.582 e.